The topological polar surface area (TPSA) is 46.9 Å². The van der Waals surface area contributed by atoms with Gasteiger partial charge in [0.25, 0.3) is 5.91 Å². The normalized spacial score (nSPS) is 15.5. The Balaban J connectivity index is 1.84. The van der Waals surface area contributed by atoms with Gasteiger partial charge < -0.3 is 5.32 Å². The summed E-state index contributed by atoms with van der Waals surface area (Å²) in [4.78, 5) is 13.1. The number of amides is 1. The lowest BCUT2D eigenvalue weighted by atomic mass is 10.0. The molecular formula is C22H24F3N3O. The van der Waals surface area contributed by atoms with Crippen LogP contribution in [0.25, 0.3) is 0 Å². The predicted molar refractivity (Wildman–Crippen MR) is 106 cm³/mol. The standard InChI is InChI=1S/C22H24F3N3O/c1-5-6-14(2)21(11-12-21)26-20(29)19-15(3)28(4)27-18(19)13-16-7-9-17(10-8-16)22(23,24)25/h5-10H,2,11-13H2,1,3-4H3,(H,26,29)/b6-5-. The van der Waals surface area contributed by atoms with E-state index in [1.807, 2.05) is 19.1 Å². The number of carbonyl (C=O) groups excluding carboxylic acids is 1. The van der Waals surface area contributed by atoms with E-state index in [0.29, 0.717) is 22.5 Å². The van der Waals surface area contributed by atoms with Crippen molar-refractivity contribution in [2.24, 2.45) is 7.05 Å². The Morgan fingerprint density at radius 3 is 2.45 bits per heavy atom. The average molecular weight is 403 g/mol. The second-order valence-electron chi connectivity index (χ2n) is 7.46. The summed E-state index contributed by atoms with van der Waals surface area (Å²) in [5, 5.41) is 7.51. The number of nitrogens with one attached hydrogen (secondary N) is 1. The van der Waals surface area contributed by atoms with Gasteiger partial charge >= 0.3 is 6.18 Å². The quantitative estimate of drug-likeness (QED) is 0.709. The van der Waals surface area contributed by atoms with Gasteiger partial charge in [-0.05, 0) is 50.0 Å². The highest BCUT2D eigenvalue weighted by atomic mass is 19.4. The molecule has 0 unspecified atom stereocenters. The lowest BCUT2D eigenvalue weighted by Gasteiger charge is -2.18. The summed E-state index contributed by atoms with van der Waals surface area (Å²) in [6.45, 7) is 7.76. The summed E-state index contributed by atoms with van der Waals surface area (Å²) < 4.78 is 39.9. The van der Waals surface area contributed by atoms with Crippen LogP contribution in [0.15, 0.2) is 48.6 Å². The van der Waals surface area contributed by atoms with E-state index in [4.69, 9.17) is 0 Å². The summed E-state index contributed by atoms with van der Waals surface area (Å²) in [6, 6.07) is 4.94. The summed E-state index contributed by atoms with van der Waals surface area (Å²) in [7, 11) is 1.74. The molecule has 1 heterocycles. The number of rotatable bonds is 6. The van der Waals surface area contributed by atoms with Gasteiger partial charge in [0.15, 0.2) is 0 Å². The van der Waals surface area contributed by atoms with Crippen LogP contribution in [-0.2, 0) is 19.6 Å². The van der Waals surface area contributed by atoms with E-state index in [0.717, 1.165) is 30.5 Å². The van der Waals surface area contributed by atoms with Crippen LogP contribution >= 0.6 is 0 Å². The minimum Gasteiger partial charge on any atom is -0.342 e. The van der Waals surface area contributed by atoms with Crippen LogP contribution < -0.4 is 5.32 Å². The molecule has 1 saturated carbocycles. The smallest absolute Gasteiger partial charge is 0.342 e. The monoisotopic (exact) mass is 403 g/mol. The molecule has 2 aromatic rings. The van der Waals surface area contributed by atoms with Crippen molar-refractivity contribution < 1.29 is 18.0 Å². The van der Waals surface area contributed by atoms with Gasteiger partial charge in [-0.1, -0.05) is 30.9 Å². The third-order valence-electron chi connectivity index (χ3n) is 5.37. The number of hydrogen-bond acceptors (Lipinski definition) is 2. The Hall–Kier alpha value is -2.83. The number of carbonyl (C=O) groups is 1. The van der Waals surface area contributed by atoms with Crippen LogP contribution in [0.2, 0.25) is 0 Å². The fourth-order valence-electron chi connectivity index (χ4n) is 3.39. The van der Waals surface area contributed by atoms with Gasteiger partial charge in [-0.25, -0.2) is 0 Å². The number of benzene rings is 1. The highest BCUT2D eigenvalue weighted by Gasteiger charge is 2.46. The summed E-state index contributed by atoms with van der Waals surface area (Å²) >= 11 is 0. The Morgan fingerprint density at radius 1 is 1.31 bits per heavy atom. The van der Waals surface area contributed by atoms with E-state index < -0.39 is 17.3 Å². The first kappa shape index (κ1) is 20.9. The number of hydrogen-bond donors (Lipinski definition) is 1. The van der Waals surface area contributed by atoms with Crippen molar-refractivity contribution >= 4 is 5.91 Å². The number of alkyl halides is 3. The van der Waals surface area contributed by atoms with E-state index in [-0.39, 0.29) is 12.3 Å². The van der Waals surface area contributed by atoms with E-state index in [2.05, 4.69) is 17.0 Å². The molecular weight excluding hydrogens is 379 g/mol. The van der Waals surface area contributed by atoms with Crippen LogP contribution in [-0.4, -0.2) is 21.2 Å². The SMILES string of the molecule is C=C(/C=C\C)C1(NC(=O)c2c(Cc3ccc(C(F)(F)F)cc3)nn(C)c2C)CC1. The molecule has 1 amide bonds. The summed E-state index contributed by atoms with van der Waals surface area (Å²) in [6.07, 6.45) is 1.34. The van der Waals surface area contributed by atoms with Crippen LogP contribution in [0.3, 0.4) is 0 Å². The first-order chi connectivity index (χ1) is 13.6. The molecule has 0 spiro atoms. The zero-order valence-electron chi connectivity index (χ0n) is 16.7. The van der Waals surface area contributed by atoms with Crippen molar-refractivity contribution in [1.29, 1.82) is 0 Å². The van der Waals surface area contributed by atoms with Crippen LogP contribution in [0.5, 0.6) is 0 Å². The molecule has 0 radical (unpaired) electrons. The second-order valence-corrected chi connectivity index (χ2v) is 7.46. The third-order valence-corrected chi connectivity index (χ3v) is 5.37. The second kappa shape index (κ2) is 7.54. The van der Waals surface area contributed by atoms with Crippen molar-refractivity contribution in [1.82, 2.24) is 15.1 Å². The fourth-order valence-corrected chi connectivity index (χ4v) is 3.39. The minimum atomic E-state index is -4.38. The van der Waals surface area contributed by atoms with Crippen molar-refractivity contribution in [2.75, 3.05) is 0 Å². The number of aryl methyl sites for hydroxylation is 1. The van der Waals surface area contributed by atoms with Crippen LogP contribution in [0.4, 0.5) is 13.2 Å². The molecule has 1 aromatic heterocycles. The molecule has 29 heavy (non-hydrogen) atoms. The van der Waals surface area contributed by atoms with E-state index in [1.165, 1.54) is 12.1 Å². The molecule has 0 aliphatic heterocycles. The van der Waals surface area contributed by atoms with Crippen molar-refractivity contribution in [2.45, 2.75) is 44.8 Å². The molecule has 154 valence electrons. The Morgan fingerprint density at radius 2 is 1.93 bits per heavy atom. The number of nitrogens with zero attached hydrogens (tertiary/aromatic N) is 2. The molecule has 1 aliphatic carbocycles. The highest BCUT2D eigenvalue weighted by molar-refractivity contribution is 5.97. The van der Waals surface area contributed by atoms with Crippen molar-refractivity contribution in [3.8, 4) is 0 Å². The van der Waals surface area contributed by atoms with Crippen LogP contribution in [0.1, 0.15) is 52.6 Å². The van der Waals surface area contributed by atoms with Crippen molar-refractivity contribution in [3.05, 3.63) is 76.6 Å². The van der Waals surface area contributed by atoms with Crippen LogP contribution in [0, 0.1) is 6.92 Å². The molecule has 1 aromatic carbocycles. The lowest BCUT2D eigenvalue weighted by molar-refractivity contribution is -0.137. The maximum Gasteiger partial charge on any atom is 0.416 e. The molecule has 1 N–H and O–H groups in total. The Bertz CT molecular complexity index is 964. The minimum absolute atomic E-state index is 0.235. The van der Waals surface area contributed by atoms with Gasteiger partial charge in [0.2, 0.25) is 0 Å². The Kier molecular flexibility index (Phi) is 5.43. The van der Waals surface area contributed by atoms with Gasteiger partial charge in [0.1, 0.15) is 0 Å². The maximum atomic E-state index is 13.1. The number of allylic oxidation sites excluding steroid dienone is 1. The molecule has 0 bridgehead atoms. The van der Waals surface area contributed by atoms with Gasteiger partial charge in [-0.3, -0.25) is 9.48 Å². The predicted octanol–water partition coefficient (Wildman–Crippen LogP) is 4.73. The lowest BCUT2D eigenvalue weighted by Crippen LogP contribution is -2.38. The van der Waals surface area contributed by atoms with Gasteiger partial charge in [-0.15, -0.1) is 0 Å². The Labute approximate surface area is 168 Å². The maximum absolute atomic E-state index is 13.1. The highest BCUT2D eigenvalue weighted by Crippen LogP contribution is 2.42. The molecule has 3 rings (SSSR count). The average Bonchev–Trinajstić information content (AvgIpc) is 3.36. The van der Waals surface area contributed by atoms with E-state index in [1.54, 1.807) is 18.7 Å². The first-order valence-corrected chi connectivity index (χ1v) is 9.40. The number of aromatic nitrogens is 2. The van der Waals surface area contributed by atoms with E-state index in [9.17, 15) is 18.0 Å². The zero-order valence-corrected chi connectivity index (χ0v) is 16.7. The molecule has 0 saturated heterocycles. The first-order valence-electron chi connectivity index (χ1n) is 9.40. The van der Waals surface area contributed by atoms with Gasteiger partial charge in [0, 0.05) is 19.2 Å². The summed E-state index contributed by atoms with van der Waals surface area (Å²) in [5.74, 6) is -0.235. The van der Waals surface area contributed by atoms with Gasteiger partial charge in [0.05, 0.1) is 22.4 Å². The molecule has 4 nitrogen and oxygen atoms in total. The number of halogens is 3. The largest absolute Gasteiger partial charge is 0.416 e. The molecule has 7 heteroatoms. The summed E-state index contributed by atoms with van der Waals surface area (Å²) in [5.41, 5.74) is 2.11. The third kappa shape index (κ3) is 4.28. The van der Waals surface area contributed by atoms with Crippen molar-refractivity contribution in [3.63, 3.8) is 0 Å². The molecule has 1 fully saturated rings. The molecule has 0 atom stereocenters. The molecule has 1 aliphatic rings. The fraction of sp³-hybridized carbons (Fsp3) is 0.364. The van der Waals surface area contributed by atoms with Gasteiger partial charge in [-0.2, -0.15) is 18.3 Å². The zero-order chi connectivity index (χ0) is 21.4. The van der Waals surface area contributed by atoms with E-state index >= 15 is 0 Å².